The number of halogens is 10. The first-order valence-corrected chi connectivity index (χ1v) is 3.89. The molecular formula is C8F10+. The van der Waals surface area contributed by atoms with E-state index in [-0.39, 0.29) is 0 Å². The molecule has 0 atom stereocenters. The van der Waals surface area contributed by atoms with Gasteiger partial charge >= 0.3 is 24.4 Å². The molecule has 0 N–H and O–H groups in total. The first-order valence-electron chi connectivity index (χ1n) is 3.89. The van der Waals surface area contributed by atoms with Gasteiger partial charge in [-0.2, -0.15) is 22.0 Å². The summed E-state index contributed by atoms with van der Waals surface area (Å²) in [6, 6.07) is 0. The molecule has 0 bridgehead atoms. The van der Waals surface area contributed by atoms with Gasteiger partial charge in [0, 0.05) is 0 Å². The zero-order valence-corrected chi connectivity index (χ0v) is 7.78. The first-order chi connectivity index (χ1) is 7.89. The Balaban J connectivity index is 3.44. The molecule has 0 nitrogen and oxygen atoms in total. The van der Waals surface area contributed by atoms with Gasteiger partial charge in [0.15, 0.2) is 0 Å². The third-order valence-corrected chi connectivity index (χ3v) is 1.83. The van der Waals surface area contributed by atoms with Crippen molar-refractivity contribution in [2.24, 2.45) is 0 Å². The maximum Gasteiger partial charge on any atom is 0.497 e. The zero-order valence-electron chi connectivity index (χ0n) is 7.78. The fraction of sp³-hybridized carbons (Fsp3) is 0.250. The summed E-state index contributed by atoms with van der Waals surface area (Å²) in [6.07, 6.45) is -14.9. The highest BCUT2D eigenvalue weighted by atomic mass is 19.4. The van der Waals surface area contributed by atoms with Crippen LogP contribution in [-0.4, -0.2) is 12.4 Å². The molecule has 18 heavy (non-hydrogen) atoms. The molecule has 0 saturated heterocycles. The maximum absolute atomic E-state index is 12.7. The van der Waals surface area contributed by atoms with E-state index in [1.165, 1.54) is 0 Å². The average molecular weight is 286 g/mol. The third-order valence-electron chi connectivity index (χ3n) is 1.83. The Morgan fingerprint density at radius 3 is 1.50 bits per heavy atom. The molecule has 1 rings (SSSR count). The van der Waals surface area contributed by atoms with Crippen molar-refractivity contribution in [3.8, 4) is 0 Å². The van der Waals surface area contributed by atoms with Crippen molar-refractivity contribution in [3.63, 3.8) is 0 Å². The monoisotopic (exact) mass is 286 g/mol. The summed E-state index contributed by atoms with van der Waals surface area (Å²) >= 11 is 0. The Labute approximate surface area is 92.6 Å². The molecule has 0 amide bonds. The van der Waals surface area contributed by atoms with Crippen LogP contribution < -0.4 is 0 Å². The van der Waals surface area contributed by atoms with Crippen LogP contribution in [0.3, 0.4) is 0 Å². The SMILES string of the molecule is FC1=C(F)C(C(F)(F)F)=C(F)[C+](F)[C]1C(F)(F)F. The summed E-state index contributed by atoms with van der Waals surface area (Å²) in [5.41, 5.74) is -3.05. The van der Waals surface area contributed by atoms with Gasteiger partial charge in [0.25, 0.3) is 17.3 Å². The Morgan fingerprint density at radius 1 is 0.722 bits per heavy atom. The van der Waals surface area contributed by atoms with Crippen LogP contribution in [0.5, 0.6) is 0 Å². The van der Waals surface area contributed by atoms with Crippen LogP contribution in [0.25, 0.3) is 0 Å². The molecule has 0 heterocycles. The second-order valence-corrected chi connectivity index (χ2v) is 3.00. The van der Waals surface area contributed by atoms with Crippen molar-refractivity contribution in [2.75, 3.05) is 0 Å². The second kappa shape index (κ2) is 4.09. The van der Waals surface area contributed by atoms with E-state index in [4.69, 9.17) is 0 Å². The standard InChI is InChI=1S/C8F10/c9-3-1(7(13,14)15)4(10)6(12)2(5(3)11)8(16,17)18/q+1. The molecule has 0 saturated carbocycles. The molecular weight excluding hydrogens is 286 g/mol. The van der Waals surface area contributed by atoms with Crippen LogP contribution >= 0.6 is 0 Å². The quantitative estimate of drug-likeness (QED) is 0.452. The van der Waals surface area contributed by atoms with Crippen molar-refractivity contribution >= 4 is 0 Å². The highest BCUT2D eigenvalue weighted by Crippen LogP contribution is 2.54. The Kier molecular flexibility index (Phi) is 3.34. The van der Waals surface area contributed by atoms with Crippen molar-refractivity contribution in [1.82, 2.24) is 0 Å². The minimum atomic E-state index is -5.88. The van der Waals surface area contributed by atoms with Crippen LogP contribution in [0.4, 0.5) is 43.9 Å². The third kappa shape index (κ3) is 2.27. The number of hydrogen-bond donors (Lipinski definition) is 0. The summed E-state index contributed by atoms with van der Waals surface area (Å²) in [5.74, 6) is -12.5. The number of rotatable bonds is 0. The van der Waals surface area contributed by atoms with E-state index in [2.05, 4.69) is 0 Å². The molecule has 0 aromatic rings. The van der Waals surface area contributed by atoms with E-state index in [0.29, 0.717) is 0 Å². The average Bonchev–Trinajstić information content (AvgIpc) is 2.10. The molecule has 0 aliphatic heterocycles. The zero-order chi connectivity index (χ0) is 14.5. The largest absolute Gasteiger partial charge is 0.497 e. The topological polar surface area (TPSA) is 0 Å². The van der Waals surface area contributed by atoms with E-state index in [1.54, 1.807) is 0 Å². The van der Waals surface area contributed by atoms with Gasteiger partial charge in [-0.05, 0) is 0 Å². The Bertz CT molecular complexity index is 409. The second-order valence-electron chi connectivity index (χ2n) is 3.00. The fourth-order valence-electron chi connectivity index (χ4n) is 1.13. The molecule has 0 aromatic heterocycles. The van der Waals surface area contributed by atoms with Crippen molar-refractivity contribution in [2.45, 2.75) is 12.4 Å². The molecule has 1 aliphatic carbocycles. The number of allylic oxidation sites excluding steroid dienone is 4. The van der Waals surface area contributed by atoms with Crippen LogP contribution in [0.1, 0.15) is 0 Å². The van der Waals surface area contributed by atoms with Crippen molar-refractivity contribution in [3.05, 3.63) is 35.1 Å². The smallest absolute Gasteiger partial charge is 0.203 e. The normalized spacial score (nSPS) is 20.0. The van der Waals surface area contributed by atoms with Gasteiger partial charge in [0.1, 0.15) is 0 Å². The van der Waals surface area contributed by atoms with E-state index in [9.17, 15) is 43.9 Å². The van der Waals surface area contributed by atoms with Gasteiger partial charge in [0.05, 0.1) is 0 Å². The van der Waals surface area contributed by atoms with Crippen molar-refractivity contribution in [1.29, 1.82) is 0 Å². The summed E-state index contributed by atoms with van der Waals surface area (Å²) in [7, 11) is 0. The van der Waals surface area contributed by atoms with Gasteiger partial charge in [-0.15, -0.1) is 13.2 Å². The lowest BCUT2D eigenvalue weighted by Gasteiger charge is -2.18. The van der Waals surface area contributed by atoms with E-state index < -0.39 is 47.5 Å². The lowest BCUT2D eigenvalue weighted by atomic mass is 9.91. The minimum Gasteiger partial charge on any atom is -0.203 e. The van der Waals surface area contributed by atoms with Crippen LogP contribution in [-0.2, 0) is 0 Å². The summed E-state index contributed by atoms with van der Waals surface area (Å²) in [6.45, 7) is 0. The van der Waals surface area contributed by atoms with Gasteiger partial charge in [0.2, 0.25) is 5.83 Å². The van der Waals surface area contributed by atoms with Gasteiger partial charge in [-0.1, -0.05) is 4.39 Å². The van der Waals surface area contributed by atoms with Gasteiger partial charge < -0.3 is 0 Å². The molecule has 10 heteroatoms. The molecule has 0 aromatic carbocycles. The molecule has 0 spiro atoms. The van der Waals surface area contributed by atoms with Crippen molar-refractivity contribution < 1.29 is 43.9 Å². The molecule has 1 radical (unpaired) electrons. The maximum atomic E-state index is 12.7. The highest BCUT2D eigenvalue weighted by Gasteiger charge is 2.67. The lowest BCUT2D eigenvalue weighted by Crippen LogP contribution is -2.32. The summed E-state index contributed by atoms with van der Waals surface area (Å²) < 4.78 is 123. The Morgan fingerprint density at radius 2 is 1.17 bits per heavy atom. The number of hydrogen-bond acceptors (Lipinski definition) is 0. The predicted molar refractivity (Wildman–Crippen MR) is 37.1 cm³/mol. The van der Waals surface area contributed by atoms with Crippen LogP contribution in [0, 0.1) is 12.1 Å². The van der Waals surface area contributed by atoms with Crippen LogP contribution in [0.2, 0.25) is 0 Å². The number of alkyl halides is 6. The fourth-order valence-corrected chi connectivity index (χ4v) is 1.13. The summed E-state index contributed by atoms with van der Waals surface area (Å²) in [5, 5.41) is 0. The highest BCUT2D eigenvalue weighted by molar-refractivity contribution is 5.55. The molecule has 1 aliphatic rings. The van der Waals surface area contributed by atoms with Gasteiger partial charge in [-0.3, -0.25) is 0 Å². The molecule has 101 valence electrons. The van der Waals surface area contributed by atoms with E-state index in [0.717, 1.165) is 0 Å². The van der Waals surface area contributed by atoms with Gasteiger partial charge in [-0.25, -0.2) is 4.39 Å². The minimum absolute atomic E-state index is 3.05. The summed E-state index contributed by atoms with van der Waals surface area (Å²) in [4.78, 5) is 0. The van der Waals surface area contributed by atoms with Crippen LogP contribution in [0.15, 0.2) is 23.1 Å². The lowest BCUT2D eigenvalue weighted by molar-refractivity contribution is -0.119. The predicted octanol–water partition coefficient (Wildman–Crippen LogP) is 4.57. The van der Waals surface area contributed by atoms with E-state index in [1.807, 2.05) is 0 Å². The van der Waals surface area contributed by atoms with E-state index >= 15 is 0 Å². The molecule has 0 unspecified atom stereocenters. The molecule has 0 fully saturated rings. The Hall–Kier alpha value is -1.35. The first kappa shape index (κ1) is 14.7.